The maximum atomic E-state index is 2.62. The van der Waals surface area contributed by atoms with E-state index in [1.807, 2.05) is 0 Å². The lowest BCUT2D eigenvalue weighted by Gasteiger charge is -2.23. The molecule has 0 saturated heterocycles. The number of para-hydroxylation sites is 1. The minimum absolute atomic E-state index is 1.00. The van der Waals surface area contributed by atoms with Crippen molar-refractivity contribution in [3.05, 3.63) is 124 Å². The van der Waals surface area contributed by atoms with Crippen LogP contribution in [0, 0.1) is 0 Å². The molecule has 0 saturated carbocycles. The molecular formula is C33H21N. The van der Waals surface area contributed by atoms with Gasteiger partial charge in [-0.2, -0.15) is 0 Å². The summed E-state index contributed by atoms with van der Waals surface area (Å²) in [5.41, 5.74) is 18.6. The maximum absolute atomic E-state index is 2.62. The molecule has 0 N–H and O–H groups in total. The molecule has 0 fully saturated rings. The molecule has 1 aliphatic heterocycles. The van der Waals surface area contributed by atoms with E-state index < -0.39 is 0 Å². The van der Waals surface area contributed by atoms with Crippen molar-refractivity contribution < 1.29 is 0 Å². The zero-order chi connectivity index (χ0) is 22.0. The van der Waals surface area contributed by atoms with Crippen LogP contribution in [0.2, 0.25) is 0 Å². The molecule has 0 unspecified atom stereocenters. The highest BCUT2D eigenvalue weighted by atomic mass is 15.0. The van der Waals surface area contributed by atoms with Crippen LogP contribution in [0.5, 0.6) is 0 Å². The SMILES string of the molecule is c1ccc2c(c1)Cc1cc3c(cc1-2)Cc1cccc2c4ccc5c(c4n-3c12)Cc1ccccc1-5. The topological polar surface area (TPSA) is 4.93 Å². The fourth-order valence-corrected chi connectivity index (χ4v) is 7.01. The van der Waals surface area contributed by atoms with Crippen LogP contribution >= 0.6 is 0 Å². The van der Waals surface area contributed by atoms with Gasteiger partial charge in [0.15, 0.2) is 0 Å². The molecule has 34 heavy (non-hydrogen) atoms. The van der Waals surface area contributed by atoms with Crippen molar-refractivity contribution in [3.8, 4) is 27.9 Å². The number of hydrogen-bond acceptors (Lipinski definition) is 0. The van der Waals surface area contributed by atoms with Crippen LogP contribution in [0.25, 0.3) is 49.7 Å². The lowest BCUT2D eigenvalue weighted by Crippen LogP contribution is -2.09. The minimum atomic E-state index is 1.00. The van der Waals surface area contributed by atoms with Gasteiger partial charge < -0.3 is 4.57 Å². The quantitative estimate of drug-likeness (QED) is 0.231. The van der Waals surface area contributed by atoms with Crippen LogP contribution in [0.4, 0.5) is 0 Å². The van der Waals surface area contributed by atoms with Crippen molar-refractivity contribution in [1.82, 2.24) is 4.57 Å². The van der Waals surface area contributed by atoms with Gasteiger partial charge in [0.1, 0.15) is 0 Å². The molecule has 0 atom stereocenters. The number of fused-ring (bicyclic) bond motifs is 12. The molecule has 1 heteroatoms. The smallest absolute Gasteiger partial charge is 0.0582 e. The molecule has 6 aromatic rings. The second-order valence-electron chi connectivity index (χ2n) is 10.1. The van der Waals surface area contributed by atoms with Crippen LogP contribution in [0.1, 0.15) is 33.4 Å². The first-order valence-corrected chi connectivity index (χ1v) is 12.3. The summed E-state index contributed by atoms with van der Waals surface area (Å²) in [4.78, 5) is 0. The molecule has 0 radical (unpaired) electrons. The molecule has 158 valence electrons. The van der Waals surface area contributed by atoms with Crippen molar-refractivity contribution in [2.75, 3.05) is 0 Å². The number of hydrogen-bond donors (Lipinski definition) is 0. The molecular weight excluding hydrogens is 410 g/mol. The number of aromatic nitrogens is 1. The van der Waals surface area contributed by atoms with E-state index in [1.165, 1.54) is 83.1 Å². The highest BCUT2D eigenvalue weighted by Gasteiger charge is 2.29. The summed E-state index contributed by atoms with van der Waals surface area (Å²) in [6, 6.07) is 34.5. The fraction of sp³-hybridized carbons (Fsp3) is 0.0909. The molecule has 3 aliphatic rings. The Morgan fingerprint density at radius 1 is 0.441 bits per heavy atom. The van der Waals surface area contributed by atoms with E-state index >= 15 is 0 Å². The Morgan fingerprint density at radius 3 is 2.03 bits per heavy atom. The fourth-order valence-electron chi connectivity index (χ4n) is 7.01. The third-order valence-corrected chi connectivity index (χ3v) is 8.43. The van der Waals surface area contributed by atoms with Crippen molar-refractivity contribution in [2.45, 2.75) is 19.3 Å². The average molecular weight is 432 g/mol. The van der Waals surface area contributed by atoms with Gasteiger partial charge in [-0.1, -0.05) is 78.9 Å². The zero-order valence-corrected chi connectivity index (χ0v) is 18.7. The lowest BCUT2D eigenvalue weighted by atomic mass is 9.93. The van der Waals surface area contributed by atoms with Gasteiger partial charge in [-0.25, -0.2) is 0 Å². The molecule has 1 aromatic heterocycles. The van der Waals surface area contributed by atoms with E-state index in [4.69, 9.17) is 0 Å². The third-order valence-electron chi connectivity index (χ3n) is 8.43. The third kappa shape index (κ3) is 1.98. The van der Waals surface area contributed by atoms with Gasteiger partial charge >= 0.3 is 0 Å². The van der Waals surface area contributed by atoms with Gasteiger partial charge in [-0.15, -0.1) is 0 Å². The van der Waals surface area contributed by atoms with Gasteiger partial charge in [0.25, 0.3) is 0 Å². The summed E-state index contributed by atoms with van der Waals surface area (Å²) < 4.78 is 2.62. The summed E-state index contributed by atoms with van der Waals surface area (Å²) in [6.07, 6.45) is 3.05. The Balaban J connectivity index is 1.41. The number of nitrogens with zero attached hydrogens (tertiary/aromatic N) is 1. The Kier molecular flexibility index (Phi) is 3.00. The van der Waals surface area contributed by atoms with E-state index in [-0.39, 0.29) is 0 Å². The molecule has 1 nitrogen and oxygen atoms in total. The molecule has 0 bridgehead atoms. The Labute approximate surface area is 197 Å². The largest absolute Gasteiger partial charge is 0.308 e. The zero-order valence-electron chi connectivity index (χ0n) is 18.7. The van der Waals surface area contributed by atoms with Crippen LogP contribution in [-0.2, 0) is 19.3 Å². The Hall–Kier alpha value is -4.10. The predicted octanol–water partition coefficient (Wildman–Crippen LogP) is 7.83. The highest BCUT2D eigenvalue weighted by Crippen LogP contribution is 2.48. The minimum Gasteiger partial charge on any atom is -0.308 e. The van der Waals surface area contributed by atoms with Crippen molar-refractivity contribution in [2.24, 2.45) is 0 Å². The van der Waals surface area contributed by atoms with E-state index in [2.05, 4.69) is 95.6 Å². The summed E-state index contributed by atoms with van der Waals surface area (Å²) in [6.45, 7) is 0. The van der Waals surface area contributed by atoms with Gasteiger partial charge in [0.05, 0.1) is 16.7 Å². The summed E-state index contributed by atoms with van der Waals surface area (Å²) in [5.74, 6) is 0. The summed E-state index contributed by atoms with van der Waals surface area (Å²) in [5, 5.41) is 2.78. The molecule has 5 aromatic carbocycles. The maximum Gasteiger partial charge on any atom is 0.0582 e. The first-order chi connectivity index (χ1) is 16.8. The van der Waals surface area contributed by atoms with E-state index in [1.54, 1.807) is 0 Å². The van der Waals surface area contributed by atoms with Crippen molar-refractivity contribution in [1.29, 1.82) is 0 Å². The number of rotatable bonds is 0. The van der Waals surface area contributed by atoms with Gasteiger partial charge in [-0.3, -0.25) is 0 Å². The van der Waals surface area contributed by atoms with Crippen molar-refractivity contribution in [3.63, 3.8) is 0 Å². The van der Waals surface area contributed by atoms with E-state index in [0.717, 1.165) is 19.3 Å². The average Bonchev–Trinajstić information content (AvgIpc) is 3.53. The van der Waals surface area contributed by atoms with E-state index in [9.17, 15) is 0 Å². The summed E-state index contributed by atoms with van der Waals surface area (Å²) >= 11 is 0. The summed E-state index contributed by atoms with van der Waals surface area (Å²) in [7, 11) is 0. The van der Waals surface area contributed by atoms with Gasteiger partial charge in [0.2, 0.25) is 0 Å². The molecule has 0 amide bonds. The van der Waals surface area contributed by atoms with E-state index in [0.29, 0.717) is 0 Å². The second kappa shape index (κ2) is 5.87. The first-order valence-electron chi connectivity index (χ1n) is 12.3. The second-order valence-corrected chi connectivity index (χ2v) is 10.1. The van der Waals surface area contributed by atoms with Crippen LogP contribution < -0.4 is 0 Å². The number of benzene rings is 5. The standard InChI is InChI=1S/C33H21N/c1-4-10-25-19(6-1)14-22-18-31-23(17-29(22)25)15-21-8-5-11-27-28-13-12-26-24-9-3-2-7-20(24)16-30(26)33(28)34(31)32(21)27/h1-13,17-18H,14-16H2. The normalized spacial score (nSPS) is 14.1. The highest BCUT2D eigenvalue weighted by molar-refractivity contribution is 6.14. The predicted molar refractivity (Wildman–Crippen MR) is 140 cm³/mol. The Morgan fingerprint density at radius 2 is 1.15 bits per heavy atom. The van der Waals surface area contributed by atoms with Crippen molar-refractivity contribution >= 4 is 21.8 Å². The van der Waals surface area contributed by atoms with Crippen LogP contribution in [0.15, 0.2) is 91.0 Å². The monoisotopic (exact) mass is 431 g/mol. The molecule has 2 aliphatic carbocycles. The van der Waals surface area contributed by atoms with Gasteiger partial charge in [-0.05, 0) is 74.2 Å². The van der Waals surface area contributed by atoms with Gasteiger partial charge in [0, 0.05) is 23.6 Å². The van der Waals surface area contributed by atoms with Crippen LogP contribution in [-0.4, -0.2) is 4.57 Å². The first kappa shape index (κ1) is 17.4. The Bertz CT molecular complexity index is 1880. The lowest BCUT2D eigenvalue weighted by molar-refractivity contribution is 1.03. The molecule has 0 spiro atoms. The van der Waals surface area contributed by atoms with Crippen LogP contribution in [0.3, 0.4) is 0 Å². The molecule has 2 heterocycles. The molecule has 9 rings (SSSR count).